The Hall–Kier alpha value is -1.82. The van der Waals surface area contributed by atoms with Crippen LogP contribution in [0.25, 0.3) is 0 Å². The van der Waals surface area contributed by atoms with Gasteiger partial charge in [-0.15, -0.1) is 0 Å². The topological polar surface area (TPSA) is 83.5 Å². The molecule has 3 aliphatic rings. The largest absolute Gasteiger partial charge is 0.480 e. The van der Waals surface area contributed by atoms with Gasteiger partial charge in [-0.3, -0.25) is 9.59 Å². The molecule has 0 spiro atoms. The second-order valence-corrected chi connectivity index (χ2v) is 11.3. The number of nitrogens with one attached hydrogen (secondary N) is 1. The van der Waals surface area contributed by atoms with Crippen molar-refractivity contribution in [3.63, 3.8) is 0 Å². The van der Waals surface area contributed by atoms with E-state index >= 15 is 0 Å². The fraction of sp³-hybridized carbons (Fsp3) is 0.654. The summed E-state index contributed by atoms with van der Waals surface area (Å²) in [5.74, 6) is 0.0538. The van der Waals surface area contributed by atoms with Crippen molar-refractivity contribution < 1.29 is 19.5 Å². The first-order valence-electron chi connectivity index (χ1n) is 11.7. The van der Waals surface area contributed by atoms with Crippen LogP contribution in [0.1, 0.15) is 66.2 Å². The second kappa shape index (κ2) is 9.58. The maximum atomic E-state index is 13.4. The summed E-state index contributed by atoms with van der Waals surface area (Å²) in [6.45, 7) is 9.18. The number of hydrogen-bond donors (Lipinski definition) is 2. The first-order valence-corrected chi connectivity index (χ1v) is 13.1. The number of allylic oxidation sites excluding steroid dienone is 5. The lowest BCUT2D eigenvalue weighted by Crippen LogP contribution is -2.50. The summed E-state index contributed by atoms with van der Waals surface area (Å²) in [5, 5.41) is 12.4. The number of hydrogen-bond acceptors (Lipinski definition) is 5. The zero-order valence-electron chi connectivity index (χ0n) is 20.0. The van der Waals surface area contributed by atoms with Gasteiger partial charge in [-0.2, -0.15) is 11.8 Å². The highest BCUT2D eigenvalue weighted by Gasteiger charge is 2.53. The zero-order chi connectivity index (χ0) is 23.7. The van der Waals surface area contributed by atoms with Crippen LogP contribution in [0, 0.1) is 22.7 Å². The lowest BCUT2D eigenvalue weighted by molar-refractivity contribution is -0.139. The lowest BCUT2D eigenvalue weighted by Gasteiger charge is -2.58. The minimum atomic E-state index is -1.01. The van der Waals surface area contributed by atoms with E-state index in [0.717, 1.165) is 25.7 Å². The Kier molecular flexibility index (Phi) is 7.43. The van der Waals surface area contributed by atoms with E-state index in [1.165, 1.54) is 17.7 Å². The number of rotatable bonds is 8. The summed E-state index contributed by atoms with van der Waals surface area (Å²) in [5.41, 5.74) is 2.12. The van der Waals surface area contributed by atoms with Gasteiger partial charge < -0.3 is 10.4 Å². The smallest absolute Gasteiger partial charge is 0.326 e. The normalized spacial score (nSPS) is 33.6. The molecule has 0 aromatic heterocycles. The molecule has 1 saturated carbocycles. The van der Waals surface area contributed by atoms with Crippen molar-refractivity contribution in [3.8, 4) is 0 Å². The fourth-order valence-electron chi connectivity index (χ4n) is 6.20. The van der Waals surface area contributed by atoms with Crippen LogP contribution in [-0.4, -0.2) is 40.7 Å². The van der Waals surface area contributed by atoms with E-state index in [4.69, 9.17) is 0 Å². The van der Waals surface area contributed by atoms with Crippen molar-refractivity contribution in [3.05, 3.63) is 35.1 Å². The van der Waals surface area contributed by atoms with E-state index in [2.05, 4.69) is 39.1 Å². The Morgan fingerprint density at radius 3 is 2.66 bits per heavy atom. The van der Waals surface area contributed by atoms with Crippen molar-refractivity contribution in [2.24, 2.45) is 22.7 Å². The van der Waals surface area contributed by atoms with Crippen LogP contribution in [0.4, 0.5) is 0 Å². The van der Waals surface area contributed by atoms with E-state index < -0.39 is 12.0 Å². The van der Waals surface area contributed by atoms with Crippen LogP contribution in [0.15, 0.2) is 35.1 Å². The Morgan fingerprint density at radius 1 is 1.28 bits per heavy atom. The monoisotopic (exact) mass is 459 g/mol. The molecule has 5 nitrogen and oxygen atoms in total. The number of Topliss-reactive ketones (excluding diaryl/α,β-unsaturated/α-hetero) is 1. The molecule has 32 heavy (non-hydrogen) atoms. The molecular weight excluding hydrogens is 422 g/mol. The number of fused-ring (bicyclic) bond motifs is 1. The van der Waals surface area contributed by atoms with Gasteiger partial charge in [0.25, 0.3) is 0 Å². The van der Waals surface area contributed by atoms with Crippen molar-refractivity contribution >= 4 is 29.3 Å². The summed E-state index contributed by atoms with van der Waals surface area (Å²) >= 11 is 1.55. The molecule has 0 heterocycles. The molecule has 0 radical (unpaired) electrons. The van der Waals surface area contributed by atoms with E-state index in [9.17, 15) is 19.5 Å². The van der Waals surface area contributed by atoms with E-state index in [1.54, 1.807) is 11.8 Å². The van der Waals surface area contributed by atoms with Gasteiger partial charge >= 0.3 is 5.97 Å². The third-order valence-corrected chi connectivity index (χ3v) is 9.19. The average molecular weight is 460 g/mol. The van der Waals surface area contributed by atoms with Crippen LogP contribution in [0.3, 0.4) is 0 Å². The van der Waals surface area contributed by atoms with Crippen LogP contribution < -0.4 is 5.32 Å². The Labute approximate surface area is 196 Å². The number of carbonyl (C=O) groups excluding carboxylic acids is 2. The third-order valence-electron chi connectivity index (χ3n) is 8.54. The van der Waals surface area contributed by atoms with Gasteiger partial charge in [0.05, 0.1) is 5.70 Å². The van der Waals surface area contributed by atoms with Crippen molar-refractivity contribution in [2.45, 2.75) is 72.3 Å². The highest BCUT2D eigenvalue weighted by molar-refractivity contribution is 7.98. The predicted octanol–water partition coefficient (Wildman–Crippen LogP) is 4.93. The summed E-state index contributed by atoms with van der Waals surface area (Å²) < 4.78 is 0. The van der Waals surface area contributed by atoms with Crippen molar-refractivity contribution in [1.82, 2.24) is 5.32 Å². The van der Waals surface area contributed by atoms with Gasteiger partial charge in [0.15, 0.2) is 5.78 Å². The Balaban J connectivity index is 1.85. The number of carbonyl (C=O) groups is 3. The molecule has 2 N–H and O–H groups in total. The first kappa shape index (κ1) is 24.8. The predicted molar refractivity (Wildman–Crippen MR) is 129 cm³/mol. The SMILES string of the molecule is CSCC[C@H](NC1=CC(=O)C=C(C[C@]2(C)[C@@H](C)CC[C@]3(C)C(C)=CCC[C@@H]23)C1=O)C(=O)O. The first-order chi connectivity index (χ1) is 15.0. The van der Waals surface area contributed by atoms with Gasteiger partial charge in [0, 0.05) is 11.6 Å². The number of carboxylic acids is 1. The summed E-state index contributed by atoms with van der Waals surface area (Å²) in [7, 11) is 0. The average Bonchev–Trinajstić information content (AvgIpc) is 2.73. The molecule has 5 atom stereocenters. The van der Waals surface area contributed by atoms with E-state index in [-0.39, 0.29) is 28.1 Å². The number of carboxylic acid groups (broad SMARTS) is 1. The quantitative estimate of drug-likeness (QED) is 0.395. The van der Waals surface area contributed by atoms with Crippen molar-refractivity contribution in [1.29, 1.82) is 0 Å². The molecule has 0 aromatic rings. The molecule has 0 bridgehead atoms. The van der Waals surface area contributed by atoms with Crippen LogP contribution in [0.2, 0.25) is 0 Å². The molecule has 3 rings (SSSR count). The molecule has 3 aliphatic carbocycles. The number of aliphatic carboxylic acids is 1. The lowest BCUT2D eigenvalue weighted by atomic mass is 9.46. The van der Waals surface area contributed by atoms with E-state index in [1.807, 2.05) is 6.26 Å². The Morgan fingerprint density at radius 2 is 2.00 bits per heavy atom. The second-order valence-electron chi connectivity index (χ2n) is 10.3. The molecule has 1 fully saturated rings. The Bertz CT molecular complexity index is 888. The molecule has 0 aromatic carbocycles. The molecular formula is C26H37NO4S. The van der Waals surface area contributed by atoms with Crippen LogP contribution in [-0.2, 0) is 14.4 Å². The van der Waals surface area contributed by atoms with Gasteiger partial charge in [0.2, 0.25) is 5.78 Å². The molecule has 176 valence electrons. The van der Waals surface area contributed by atoms with Gasteiger partial charge in [0.1, 0.15) is 6.04 Å². The maximum Gasteiger partial charge on any atom is 0.326 e. The fourth-order valence-corrected chi connectivity index (χ4v) is 6.67. The zero-order valence-corrected chi connectivity index (χ0v) is 20.8. The highest BCUT2D eigenvalue weighted by atomic mass is 32.2. The summed E-state index contributed by atoms with van der Waals surface area (Å²) in [4.78, 5) is 37.6. The van der Waals surface area contributed by atoms with Gasteiger partial charge in [-0.25, -0.2) is 4.79 Å². The highest BCUT2D eigenvalue weighted by Crippen LogP contribution is 2.62. The third kappa shape index (κ3) is 4.61. The number of ketones is 2. The molecule has 0 amide bonds. The van der Waals surface area contributed by atoms with Gasteiger partial charge in [-0.05, 0) is 86.2 Å². The standard InChI is InChI=1S/C26H37NO4S/c1-16-7-6-8-22-25(16,3)11-9-17(2)26(22,4)15-18-13-19(28)14-21(23(18)29)27-20(24(30)31)10-12-32-5/h7,13-14,17,20,22,27H,6,8-12,15H2,1-5H3,(H,30,31)/t17-,20-,22+,25+,26+/m0/s1. The molecule has 0 unspecified atom stereocenters. The molecule has 0 aliphatic heterocycles. The van der Waals surface area contributed by atoms with E-state index in [0.29, 0.717) is 36.0 Å². The number of thioether (sulfide) groups is 1. The molecule has 6 heteroatoms. The van der Waals surface area contributed by atoms with Crippen molar-refractivity contribution in [2.75, 3.05) is 12.0 Å². The van der Waals surface area contributed by atoms with Crippen LogP contribution in [0.5, 0.6) is 0 Å². The van der Waals surface area contributed by atoms with Gasteiger partial charge in [-0.1, -0.05) is 32.4 Å². The maximum absolute atomic E-state index is 13.4. The minimum absolute atomic E-state index is 0.0994. The summed E-state index contributed by atoms with van der Waals surface area (Å²) in [6.07, 6.45) is 12.4. The summed E-state index contributed by atoms with van der Waals surface area (Å²) in [6, 6.07) is -0.886. The van der Waals surface area contributed by atoms with Crippen LogP contribution >= 0.6 is 11.8 Å². The minimum Gasteiger partial charge on any atom is -0.480 e. The molecule has 0 saturated heterocycles.